The Labute approximate surface area is 124 Å². The number of nitrogens with one attached hydrogen (secondary N) is 1. The van der Waals surface area contributed by atoms with E-state index < -0.39 is 17.6 Å². The Kier molecular flexibility index (Phi) is 4.35. The molecule has 116 valence electrons. The van der Waals surface area contributed by atoms with Gasteiger partial charge in [0, 0.05) is 12.1 Å². The predicted molar refractivity (Wildman–Crippen MR) is 74.5 cm³/mol. The van der Waals surface area contributed by atoms with Gasteiger partial charge in [-0.15, -0.1) is 6.58 Å². The van der Waals surface area contributed by atoms with Crippen LogP contribution in [0.25, 0.3) is 0 Å². The number of nitrogens with zero attached hydrogens (tertiary/aromatic N) is 1. The van der Waals surface area contributed by atoms with Gasteiger partial charge in [-0.1, -0.05) is 11.2 Å². The summed E-state index contributed by atoms with van der Waals surface area (Å²) in [5.74, 6) is -0.503. The minimum atomic E-state index is -4.42. The van der Waals surface area contributed by atoms with Crippen LogP contribution in [-0.4, -0.2) is 11.1 Å². The summed E-state index contributed by atoms with van der Waals surface area (Å²) in [5.41, 5.74) is 0.194. The fourth-order valence-corrected chi connectivity index (χ4v) is 1.99. The number of anilines is 1. The summed E-state index contributed by atoms with van der Waals surface area (Å²) in [6, 6.07) is 3.40. The van der Waals surface area contributed by atoms with E-state index in [0.29, 0.717) is 12.1 Å². The molecule has 0 saturated heterocycles. The number of hydrogen-bond donors (Lipinski definition) is 1. The lowest BCUT2D eigenvalue weighted by molar-refractivity contribution is -0.138. The van der Waals surface area contributed by atoms with Crippen LogP contribution in [0.15, 0.2) is 41.6 Å². The molecule has 22 heavy (non-hydrogen) atoms. The van der Waals surface area contributed by atoms with E-state index in [4.69, 9.17) is 4.52 Å². The minimum absolute atomic E-state index is 0.0296. The molecule has 2 aromatic rings. The first-order chi connectivity index (χ1) is 10.3. The van der Waals surface area contributed by atoms with E-state index in [1.807, 2.05) is 0 Å². The lowest BCUT2D eigenvalue weighted by Crippen LogP contribution is -2.14. The van der Waals surface area contributed by atoms with E-state index in [2.05, 4.69) is 17.1 Å². The van der Waals surface area contributed by atoms with Gasteiger partial charge in [-0.3, -0.25) is 4.79 Å². The van der Waals surface area contributed by atoms with Crippen LogP contribution in [0.2, 0.25) is 0 Å². The maximum Gasteiger partial charge on any atom is 0.416 e. The minimum Gasteiger partial charge on any atom is -0.364 e. The van der Waals surface area contributed by atoms with Crippen molar-refractivity contribution < 1.29 is 22.5 Å². The summed E-state index contributed by atoms with van der Waals surface area (Å²) >= 11 is 0. The Morgan fingerprint density at radius 3 is 2.77 bits per heavy atom. The van der Waals surface area contributed by atoms with Crippen molar-refractivity contribution in [3.05, 3.63) is 59.5 Å². The number of benzene rings is 1. The Morgan fingerprint density at radius 1 is 1.45 bits per heavy atom. The van der Waals surface area contributed by atoms with Gasteiger partial charge in [0.05, 0.1) is 5.56 Å². The number of halogens is 3. The summed E-state index contributed by atoms with van der Waals surface area (Å²) in [7, 11) is 0. The molecule has 1 N–H and O–H groups in total. The van der Waals surface area contributed by atoms with Crippen molar-refractivity contribution >= 4 is 11.6 Å². The topological polar surface area (TPSA) is 55.1 Å². The van der Waals surface area contributed by atoms with Gasteiger partial charge >= 0.3 is 6.18 Å². The summed E-state index contributed by atoms with van der Waals surface area (Å²) in [6.07, 6.45) is -1.31. The van der Waals surface area contributed by atoms with Crippen molar-refractivity contribution in [3.8, 4) is 0 Å². The number of carbonyl (C=O) groups is 1. The lowest BCUT2D eigenvalue weighted by atomic mass is 10.1. The molecular weight excluding hydrogens is 297 g/mol. The molecule has 0 aliphatic rings. The van der Waals surface area contributed by atoms with Crippen LogP contribution in [0.3, 0.4) is 0 Å². The van der Waals surface area contributed by atoms with Gasteiger partial charge in [-0.2, -0.15) is 13.2 Å². The van der Waals surface area contributed by atoms with Gasteiger partial charge in [-0.05, 0) is 30.7 Å². The normalized spacial score (nSPS) is 11.3. The fraction of sp³-hybridized carbons (Fsp3) is 0.200. The predicted octanol–water partition coefficient (Wildman–Crippen LogP) is 3.98. The van der Waals surface area contributed by atoms with Crippen molar-refractivity contribution in [1.29, 1.82) is 0 Å². The van der Waals surface area contributed by atoms with E-state index in [-0.39, 0.29) is 16.8 Å². The number of amides is 1. The number of aromatic nitrogens is 1. The maximum atomic E-state index is 12.7. The van der Waals surface area contributed by atoms with Crippen LogP contribution < -0.4 is 5.32 Å². The highest BCUT2D eigenvalue weighted by molar-refractivity contribution is 6.04. The number of alkyl halides is 3. The average Bonchev–Trinajstić information content (AvgIpc) is 2.86. The molecule has 0 bridgehead atoms. The maximum absolute atomic E-state index is 12.7. The van der Waals surface area contributed by atoms with Crippen LogP contribution in [0.5, 0.6) is 0 Å². The van der Waals surface area contributed by atoms with Crippen LogP contribution in [0, 0.1) is 6.92 Å². The highest BCUT2D eigenvalue weighted by Crippen LogP contribution is 2.32. The van der Waals surface area contributed by atoms with Crippen molar-refractivity contribution in [1.82, 2.24) is 5.16 Å². The third kappa shape index (κ3) is 3.36. The zero-order valence-electron chi connectivity index (χ0n) is 11.7. The molecule has 1 aromatic carbocycles. The first-order valence-electron chi connectivity index (χ1n) is 6.36. The smallest absolute Gasteiger partial charge is 0.364 e. The van der Waals surface area contributed by atoms with E-state index in [9.17, 15) is 18.0 Å². The summed E-state index contributed by atoms with van der Waals surface area (Å²) in [4.78, 5) is 12.1. The SMILES string of the molecule is C=CCc1nocc1C(=O)Nc1ccc(C(F)(F)F)c(C)c1. The number of carbonyl (C=O) groups excluding carboxylic acids is 1. The molecule has 1 amide bonds. The van der Waals surface area contributed by atoms with Gasteiger partial charge in [0.1, 0.15) is 17.5 Å². The van der Waals surface area contributed by atoms with E-state index in [1.54, 1.807) is 6.08 Å². The fourth-order valence-electron chi connectivity index (χ4n) is 1.99. The molecule has 2 rings (SSSR count). The molecule has 0 aliphatic carbocycles. The first kappa shape index (κ1) is 15.8. The van der Waals surface area contributed by atoms with E-state index >= 15 is 0 Å². The van der Waals surface area contributed by atoms with Crippen LogP contribution >= 0.6 is 0 Å². The number of hydrogen-bond acceptors (Lipinski definition) is 3. The molecule has 0 aliphatic heterocycles. The summed E-state index contributed by atoms with van der Waals surface area (Å²) < 4.78 is 42.8. The quantitative estimate of drug-likeness (QED) is 0.869. The molecule has 1 heterocycles. The molecule has 0 unspecified atom stereocenters. The van der Waals surface area contributed by atoms with Crippen LogP contribution in [-0.2, 0) is 12.6 Å². The zero-order valence-corrected chi connectivity index (χ0v) is 11.7. The second kappa shape index (κ2) is 6.05. The average molecular weight is 310 g/mol. The Balaban J connectivity index is 2.20. The summed E-state index contributed by atoms with van der Waals surface area (Å²) in [6.45, 7) is 4.88. The standard InChI is InChI=1S/C15H13F3N2O2/c1-3-4-13-11(8-22-20-13)14(21)19-10-5-6-12(9(2)7-10)15(16,17)18/h3,5-8H,1,4H2,2H3,(H,19,21). The van der Waals surface area contributed by atoms with Crippen molar-refractivity contribution in [3.63, 3.8) is 0 Å². The molecule has 4 nitrogen and oxygen atoms in total. The Hall–Kier alpha value is -2.57. The number of allylic oxidation sites excluding steroid dienone is 1. The molecule has 1 aromatic heterocycles. The van der Waals surface area contributed by atoms with Crippen LogP contribution in [0.4, 0.5) is 18.9 Å². The Bertz CT molecular complexity index is 705. The zero-order chi connectivity index (χ0) is 16.3. The third-order valence-electron chi connectivity index (χ3n) is 3.02. The van der Waals surface area contributed by atoms with Gasteiger partial charge in [0.25, 0.3) is 5.91 Å². The monoisotopic (exact) mass is 310 g/mol. The lowest BCUT2D eigenvalue weighted by Gasteiger charge is -2.12. The van der Waals surface area contributed by atoms with Gasteiger partial charge in [0.15, 0.2) is 0 Å². The molecule has 0 spiro atoms. The molecule has 0 fully saturated rings. The number of aryl methyl sites for hydroxylation is 1. The van der Waals surface area contributed by atoms with Gasteiger partial charge < -0.3 is 9.84 Å². The highest BCUT2D eigenvalue weighted by atomic mass is 19.4. The molecule has 0 radical (unpaired) electrons. The second-order valence-corrected chi connectivity index (χ2v) is 4.65. The third-order valence-corrected chi connectivity index (χ3v) is 3.02. The van der Waals surface area contributed by atoms with Crippen molar-refractivity contribution in [2.24, 2.45) is 0 Å². The summed E-state index contributed by atoms with van der Waals surface area (Å²) in [5, 5.41) is 6.20. The van der Waals surface area contributed by atoms with Gasteiger partial charge in [-0.25, -0.2) is 0 Å². The Morgan fingerprint density at radius 2 is 2.18 bits per heavy atom. The van der Waals surface area contributed by atoms with Crippen molar-refractivity contribution in [2.75, 3.05) is 5.32 Å². The highest BCUT2D eigenvalue weighted by Gasteiger charge is 2.32. The molecule has 7 heteroatoms. The first-order valence-corrected chi connectivity index (χ1v) is 6.36. The van der Waals surface area contributed by atoms with Crippen molar-refractivity contribution in [2.45, 2.75) is 19.5 Å². The molecule has 0 saturated carbocycles. The molecule has 0 atom stereocenters. The van der Waals surface area contributed by atoms with Gasteiger partial charge in [0.2, 0.25) is 0 Å². The second-order valence-electron chi connectivity index (χ2n) is 4.65. The largest absolute Gasteiger partial charge is 0.416 e. The number of rotatable bonds is 4. The van der Waals surface area contributed by atoms with E-state index in [0.717, 1.165) is 6.07 Å². The molecular formula is C15H13F3N2O2. The van der Waals surface area contributed by atoms with Crippen LogP contribution in [0.1, 0.15) is 27.2 Å². The van der Waals surface area contributed by atoms with E-state index in [1.165, 1.54) is 25.3 Å².